The van der Waals surface area contributed by atoms with Crippen LogP contribution in [0, 0.1) is 0 Å². The van der Waals surface area contributed by atoms with E-state index in [2.05, 4.69) is 41.7 Å². The zero-order chi connectivity index (χ0) is 18.2. The molecule has 4 heterocycles. The Labute approximate surface area is 153 Å². The van der Waals surface area contributed by atoms with Gasteiger partial charge in [-0.25, -0.2) is 14.6 Å². The predicted octanol–water partition coefficient (Wildman–Crippen LogP) is 2.29. The number of nitrogens with zero attached hydrogens (tertiary/aromatic N) is 8. The van der Waals surface area contributed by atoms with Gasteiger partial charge >= 0.3 is 0 Å². The van der Waals surface area contributed by atoms with Crippen molar-refractivity contribution in [3.05, 3.63) is 60.6 Å². The van der Waals surface area contributed by atoms with Crippen molar-refractivity contribution in [2.75, 3.05) is 5.32 Å². The fourth-order valence-corrected chi connectivity index (χ4v) is 2.93. The van der Waals surface area contributed by atoms with Crippen LogP contribution in [0.1, 0.15) is 5.56 Å². The highest BCUT2D eigenvalue weighted by Crippen LogP contribution is 2.17. The molecule has 0 atom stereocenters. The van der Waals surface area contributed by atoms with Gasteiger partial charge in [-0.1, -0.05) is 17.3 Å². The maximum Gasteiger partial charge on any atom is 0.221 e. The van der Waals surface area contributed by atoms with E-state index in [0.717, 1.165) is 16.5 Å². The van der Waals surface area contributed by atoms with E-state index in [-0.39, 0.29) is 0 Å². The molecule has 0 fully saturated rings. The van der Waals surface area contributed by atoms with Gasteiger partial charge in [-0.3, -0.25) is 9.67 Å². The number of nitrogens with one attached hydrogen (secondary N) is 1. The molecule has 9 heteroatoms. The highest BCUT2D eigenvalue weighted by atomic mass is 15.5. The number of fused-ring (bicyclic) bond motifs is 2. The van der Waals surface area contributed by atoms with Crippen LogP contribution in [0.3, 0.4) is 0 Å². The fraction of sp³-hybridized carbons (Fsp3) is 0.111. The number of aromatic nitrogens is 8. The Hall–Kier alpha value is -3.88. The van der Waals surface area contributed by atoms with Crippen molar-refractivity contribution in [3.63, 3.8) is 0 Å². The first-order valence-corrected chi connectivity index (χ1v) is 8.41. The summed E-state index contributed by atoms with van der Waals surface area (Å²) >= 11 is 0. The molecular weight excluding hydrogens is 342 g/mol. The molecule has 0 saturated carbocycles. The predicted molar refractivity (Wildman–Crippen MR) is 100 cm³/mol. The summed E-state index contributed by atoms with van der Waals surface area (Å²) in [6.45, 7) is 0.545. The van der Waals surface area contributed by atoms with Crippen molar-refractivity contribution in [1.82, 2.24) is 39.7 Å². The molecule has 1 aromatic carbocycles. The molecule has 0 radical (unpaired) electrons. The van der Waals surface area contributed by atoms with Gasteiger partial charge in [0.1, 0.15) is 0 Å². The Morgan fingerprint density at radius 2 is 2.04 bits per heavy atom. The van der Waals surface area contributed by atoms with Gasteiger partial charge in [0, 0.05) is 30.9 Å². The van der Waals surface area contributed by atoms with Gasteiger partial charge in [0.2, 0.25) is 5.65 Å². The molecule has 27 heavy (non-hydrogen) atoms. The van der Waals surface area contributed by atoms with E-state index in [1.807, 2.05) is 43.6 Å². The lowest BCUT2D eigenvalue weighted by atomic mass is 10.1. The highest BCUT2D eigenvalue weighted by molar-refractivity contribution is 5.79. The first kappa shape index (κ1) is 15.4. The monoisotopic (exact) mass is 357 g/mol. The molecule has 0 bridgehead atoms. The van der Waals surface area contributed by atoms with Crippen molar-refractivity contribution in [2.45, 2.75) is 6.54 Å². The van der Waals surface area contributed by atoms with Gasteiger partial charge in [-0.15, -0.1) is 5.10 Å². The van der Waals surface area contributed by atoms with Gasteiger partial charge in [-0.2, -0.15) is 5.10 Å². The average molecular weight is 357 g/mol. The number of aryl methyl sites for hydroxylation is 1. The largest absolute Gasteiger partial charge is 0.322 e. The van der Waals surface area contributed by atoms with Crippen LogP contribution in [0.4, 0.5) is 11.6 Å². The molecule has 4 aromatic heterocycles. The third-order valence-corrected chi connectivity index (χ3v) is 4.20. The summed E-state index contributed by atoms with van der Waals surface area (Å²) in [6, 6.07) is 12.0. The molecule has 9 nitrogen and oxygen atoms in total. The van der Waals surface area contributed by atoms with Gasteiger partial charge in [0.05, 0.1) is 18.3 Å². The fourth-order valence-electron chi connectivity index (χ4n) is 2.93. The molecular formula is C18H15N9. The summed E-state index contributed by atoms with van der Waals surface area (Å²) in [5, 5.41) is 16.8. The van der Waals surface area contributed by atoms with Crippen LogP contribution in [-0.4, -0.2) is 39.7 Å². The summed E-state index contributed by atoms with van der Waals surface area (Å²) in [4.78, 5) is 13.3. The van der Waals surface area contributed by atoms with Crippen LogP contribution < -0.4 is 5.32 Å². The topological polar surface area (TPSA) is 99.2 Å². The zero-order valence-corrected chi connectivity index (χ0v) is 14.5. The molecule has 0 spiro atoms. The van der Waals surface area contributed by atoms with Crippen LogP contribution in [-0.2, 0) is 13.6 Å². The van der Waals surface area contributed by atoms with Crippen molar-refractivity contribution in [1.29, 1.82) is 0 Å². The van der Waals surface area contributed by atoms with Gasteiger partial charge < -0.3 is 5.32 Å². The quantitative estimate of drug-likeness (QED) is 0.527. The SMILES string of the molecule is Cn1ccc(Nc2cnc3nnn(Cc4ccc5ncccc5c4)c3n2)n1. The van der Waals surface area contributed by atoms with E-state index in [0.29, 0.717) is 29.5 Å². The van der Waals surface area contributed by atoms with Crippen LogP contribution in [0.2, 0.25) is 0 Å². The van der Waals surface area contributed by atoms with E-state index in [4.69, 9.17) is 0 Å². The van der Waals surface area contributed by atoms with Crippen LogP contribution in [0.15, 0.2) is 55.0 Å². The third kappa shape index (κ3) is 2.95. The second kappa shape index (κ2) is 6.13. The minimum Gasteiger partial charge on any atom is -0.322 e. The summed E-state index contributed by atoms with van der Waals surface area (Å²) in [6.07, 6.45) is 5.27. The van der Waals surface area contributed by atoms with Crippen LogP contribution >= 0.6 is 0 Å². The second-order valence-electron chi connectivity index (χ2n) is 6.18. The van der Waals surface area contributed by atoms with E-state index in [1.54, 1.807) is 21.8 Å². The zero-order valence-electron chi connectivity index (χ0n) is 14.5. The van der Waals surface area contributed by atoms with Crippen LogP contribution in [0.5, 0.6) is 0 Å². The van der Waals surface area contributed by atoms with Crippen molar-refractivity contribution >= 4 is 33.8 Å². The molecule has 0 unspecified atom stereocenters. The van der Waals surface area contributed by atoms with E-state index in [9.17, 15) is 0 Å². The molecule has 0 aliphatic carbocycles. The molecule has 0 aliphatic rings. The normalized spacial score (nSPS) is 11.3. The number of benzene rings is 1. The van der Waals surface area contributed by atoms with E-state index < -0.39 is 0 Å². The number of hydrogen-bond donors (Lipinski definition) is 1. The lowest BCUT2D eigenvalue weighted by Crippen LogP contribution is -2.04. The van der Waals surface area contributed by atoms with Crippen molar-refractivity contribution in [2.24, 2.45) is 7.05 Å². The summed E-state index contributed by atoms with van der Waals surface area (Å²) in [5.41, 5.74) is 3.17. The summed E-state index contributed by atoms with van der Waals surface area (Å²) < 4.78 is 3.46. The lowest BCUT2D eigenvalue weighted by molar-refractivity contribution is 0.664. The number of pyridine rings is 1. The standard InChI is InChI=1S/C18H15N9/c1-26-8-6-15(24-26)21-16-10-20-17-18(22-16)27(25-23-17)11-12-4-5-14-13(9-12)3-2-7-19-14/h2-10H,11H2,1H3,(H,21,22,24). The van der Waals surface area contributed by atoms with Gasteiger partial charge in [-0.05, 0) is 23.8 Å². The summed E-state index contributed by atoms with van der Waals surface area (Å²) in [7, 11) is 1.86. The van der Waals surface area contributed by atoms with Crippen LogP contribution in [0.25, 0.3) is 22.2 Å². The number of hydrogen-bond acceptors (Lipinski definition) is 7. The molecule has 5 rings (SSSR count). The van der Waals surface area contributed by atoms with E-state index in [1.165, 1.54) is 0 Å². The molecule has 5 aromatic rings. The lowest BCUT2D eigenvalue weighted by Gasteiger charge is -2.05. The Kier molecular flexibility index (Phi) is 3.49. The molecule has 0 saturated heterocycles. The molecule has 0 amide bonds. The second-order valence-corrected chi connectivity index (χ2v) is 6.18. The number of anilines is 2. The third-order valence-electron chi connectivity index (χ3n) is 4.20. The minimum atomic E-state index is 0.504. The number of rotatable bonds is 4. The average Bonchev–Trinajstić information content (AvgIpc) is 3.28. The Morgan fingerprint density at radius 1 is 1.07 bits per heavy atom. The maximum atomic E-state index is 4.60. The Morgan fingerprint density at radius 3 is 2.93 bits per heavy atom. The molecule has 132 valence electrons. The maximum absolute atomic E-state index is 4.60. The van der Waals surface area contributed by atoms with Crippen molar-refractivity contribution < 1.29 is 0 Å². The molecule has 0 aliphatic heterocycles. The molecule has 1 N–H and O–H groups in total. The minimum absolute atomic E-state index is 0.504. The first-order chi connectivity index (χ1) is 13.2. The summed E-state index contributed by atoms with van der Waals surface area (Å²) in [5.74, 6) is 1.29. The van der Waals surface area contributed by atoms with Gasteiger partial charge in [0.25, 0.3) is 0 Å². The van der Waals surface area contributed by atoms with Crippen molar-refractivity contribution in [3.8, 4) is 0 Å². The van der Waals surface area contributed by atoms with Gasteiger partial charge in [0.15, 0.2) is 17.3 Å². The van der Waals surface area contributed by atoms with E-state index >= 15 is 0 Å². The smallest absolute Gasteiger partial charge is 0.221 e. The first-order valence-electron chi connectivity index (χ1n) is 8.41. The highest BCUT2D eigenvalue weighted by Gasteiger charge is 2.10. The Bertz CT molecular complexity index is 1250. The Balaban J connectivity index is 1.47.